The van der Waals surface area contributed by atoms with Gasteiger partial charge in [-0.1, -0.05) is 33.6 Å². The normalized spacial score (nSPS) is 10.5. The van der Waals surface area contributed by atoms with Crippen LogP contribution in [-0.2, 0) is 6.54 Å². The number of halogens is 2. The summed E-state index contributed by atoms with van der Waals surface area (Å²) >= 11 is 9.59. The predicted octanol–water partition coefficient (Wildman–Crippen LogP) is 5.24. The first-order valence-corrected chi connectivity index (χ1v) is 7.49. The van der Waals surface area contributed by atoms with Gasteiger partial charge in [0.25, 0.3) is 5.69 Å². The quantitative estimate of drug-likeness (QED) is 0.592. The Bertz CT molecular complexity index is 681. The zero-order valence-electron chi connectivity index (χ0n) is 11.6. The second kappa shape index (κ2) is 6.45. The van der Waals surface area contributed by atoms with Crippen molar-refractivity contribution in [3.63, 3.8) is 0 Å². The average Bonchev–Trinajstić information content (AvgIpc) is 2.42. The Kier molecular flexibility index (Phi) is 4.85. The Morgan fingerprint density at radius 2 is 1.90 bits per heavy atom. The Morgan fingerprint density at radius 3 is 2.48 bits per heavy atom. The van der Waals surface area contributed by atoms with Crippen molar-refractivity contribution in [2.24, 2.45) is 0 Å². The summed E-state index contributed by atoms with van der Waals surface area (Å²) in [5.74, 6) is 0. The van der Waals surface area contributed by atoms with Crippen LogP contribution >= 0.6 is 27.5 Å². The predicted molar refractivity (Wildman–Crippen MR) is 89.0 cm³/mol. The molecular formula is C15H14BrClN2O2. The van der Waals surface area contributed by atoms with Gasteiger partial charge in [0.2, 0.25) is 0 Å². The van der Waals surface area contributed by atoms with E-state index in [1.54, 1.807) is 12.1 Å². The molecule has 6 heteroatoms. The van der Waals surface area contributed by atoms with E-state index in [-0.39, 0.29) is 5.69 Å². The fraction of sp³-hybridized carbons (Fsp3) is 0.200. The van der Waals surface area contributed by atoms with Gasteiger partial charge < -0.3 is 5.32 Å². The SMILES string of the molecule is Cc1cc(NCc2c(Cl)cccc2[N+](=O)[O-])cc(C)c1Br. The molecule has 1 N–H and O–H groups in total. The van der Waals surface area contributed by atoms with Crippen LogP contribution in [0.3, 0.4) is 0 Å². The van der Waals surface area contributed by atoms with Gasteiger partial charge in [0.1, 0.15) is 0 Å². The lowest BCUT2D eigenvalue weighted by Crippen LogP contribution is -2.04. The maximum absolute atomic E-state index is 11.1. The summed E-state index contributed by atoms with van der Waals surface area (Å²) in [6, 6.07) is 8.67. The Labute approximate surface area is 136 Å². The first-order chi connectivity index (χ1) is 9.90. The van der Waals surface area contributed by atoms with Gasteiger partial charge in [-0.25, -0.2) is 0 Å². The highest BCUT2D eigenvalue weighted by molar-refractivity contribution is 9.10. The fourth-order valence-electron chi connectivity index (χ4n) is 2.13. The smallest absolute Gasteiger partial charge is 0.275 e. The molecule has 0 unspecified atom stereocenters. The first kappa shape index (κ1) is 15.8. The minimum absolute atomic E-state index is 0.0283. The topological polar surface area (TPSA) is 55.2 Å². The Balaban J connectivity index is 2.27. The minimum atomic E-state index is -0.416. The van der Waals surface area contributed by atoms with Crippen molar-refractivity contribution in [1.82, 2.24) is 0 Å². The molecule has 110 valence electrons. The van der Waals surface area contributed by atoms with Gasteiger partial charge in [-0.15, -0.1) is 0 Å². The lowest BCUT2D eigenvalue weighted by atomic mass is 10.1. The van der Waals surface area contributed by atoms with Crippen LogP contribution in [-0.4, -0.2) is 4.92 Å². The molecule has 0 aliphatic heterocycles. The number of nitrogens with one attached hydrogen (secondary N) is 1. The van der Waals surface area contributed by atoms with E-state index >= 15 is 0 Å². The van der Waals surface area contributed by atoms with E-state index in [0.29, 0.717) is 17.1 Å². The van der Waals surface area contributed by atoms with Crippen LogP contribution in [0.4, 0.5) is 11.4 Å². The fourth-order valence-corrected chi connectivity index (χ4v) is 2.60. The summed E-state index contributed by atoms with van der Waals surface area (Å²) in [4.78, 5) is 10.6. The molecule has 2 rings (SSSR count). The highest BCUT2D eigenvalue weighted by atomic mass is 79.9. The molecule has 0 atom stereocenters. The molecule has 0 aromatic heterocycles. The van der Waals surface area contributed by atoms with Crippen LogP contribution in [0.2, 0.25) is 5.02 Å². The summed E-state index contributed by atoms with van der Waals surface area (Å²) < 4.78 is 1.07. The van der Waals surface area contributed by atoms with Crippen LogP contribution in [0, 0.1) is 24.0 Å². The maximum Gasteiger partial charge on any atom is 0.275 e. The lowest BCUT2D eigenvalue weighted by Gasteiger charge is -2.11. The van der Waals surface area contributed by atoms with Crippen LogP contribution in [0.25, 0.3) is 0 Å². The molecule has 0 saturated heterocycles. The molecule has 0 spiro atoms. The number of hydrogen-bond acceptors (Lipinski definition) is 3. The number of nitro groups is 1. The van der Waals surface area contributed by atoms with Gasteiger partial charge >= 0.3 is 0 Å². The molecule has 0 fully saturated rings. The minimum Gasteiger partial charge on any atom is -0.381 e. The molecule has 0 bridgehead atoms. The second-order valence-electron chi connectivity index (χ2n) is 4.77. The highest BCUT2D eigenvalue weighted by Gasteiger charge is 2.16. The van der Waals surface area contributed by atoms with Gasteiger partial charge in [0, 0.05) is 22.8 Å². The molecule has 0 radical (unpaired) electrons. The second-order valence-corrected chi connectivity index (χ2v) is 5.97. The van der Waals surface area contributed by atoms with E-state index in [2.05, 4.69) is 21.2 Å². The molecule has 2 aromatic carbocycles. The van der Waals surface area contributed by atoms with Crippen LogP contribution in [0.1, 0.15) is 16.7 Å². The van der Waals surface area contributed by atoms with Crippen molar-refractivity contribution in [2.45, 2.75) is 20.4 Å². The zero-order chi connectivity index (χ0) is 15.6. The average molecular weight is 370 g/mol. The molecule has 0 aliphatic rings. The third-order valence-corrected chi connectivity index (χ3v) is 4.80. The summed E-state index contributed by atoms with van der Waals surface area (Å²) in [5, 5.41) is 14.6. The molecular weight excluding hydrogens is 356 g/mol. The van der Waals surface area contributed by atoms with Gasteiger partial charge in [0.05, 0.1) is 15.5 Å². The van der Waals surface area contributed by atoms with Crippen LogP contribution in [0.15, 0.2) is 34.8 Å². The van der Waals surface area contributed by atoms with E-state index in [4.69, 9.17) is 11.6 Å². The summed E-state index contributed by atoms with van der Waals surface area (Å²) in [7, 11) is 0. The van der Waals surface area contributed by atoms with E-state index in [1.807, 2.05) is 26.0 Å². The Morgan fingerprint density at radius 1 is 1.29 bits per heavy atom. The van der Waals surface area contributed by atoms with Crippen LogP contribution < -0.4 is 5.32 Å². The van der Waals surface area contributed by atoms with Crippen molar-refractivity contribution < 1.29 is 4.92 Å². The summed E-state index contributed by atoms with van der Waals surface area (Å²) in [6.45, 7) is 4.30. The number of hydrogen-bond donors (Lipinski definition) is 1. The molecule has 0 aliphatic carbocycles. The number of anilines is 1. The molecule has 2 aromatic rings. The monoisotopic (exact) mass is 368 g/mol. The van der Waals surface area contributed by atoms with Crippen molar-refractivity contribution in [2.75, 3.05) is 5.32 Å². The van der Waals surface area contributed by atoms with Crippen molar-refractivity contribution in [3.8, 4) is 0 Å². The maximum atomic E-state index is 11.1. The van der Waals surface area contributed by atoms with E-state index in [1.165, 1.54) is 6.07 Å². The third kappa shape index (κ3) is 3.54. The van der Waals surface area contributed by atoms with E-state index in [9.17, 15) is 10.1 Å². The standard InChI is InChI=1S/C15H14BrClN2O2/c1-9-6-11(7-10(2)15(9)16)18-8-12-13(17)4-3-5-14(12)19(20)21/h3-7,18H,8H2,1-2H3. The third-order valence-electron chi connectivity index (χ3n) is 3.20. The Hall–Kier alpha value is -1.59. The van der Waals surface area contributed by atoms with Crippen molar-refractivity contribution >= 4 is 38.9 Å². The number of aryl methyl sites for hydroxylation is 2. The molecule has 21 heavy (non-hydrogen) atoms. The van der Waals surface area contributed by atoms with E-state index < -0.39 is 4.92 Å². The zero-order valence-corrected chi connectivity index (χ0v) is 14.0. The number of nitro benzene ring substituents is 1. The van der Waals surface area contributed by atoms with Crippen LogP contribution in [0.5, 0.6) is 0 Å². The number of rotatable bonds is 4. The number of nitrogens with zero attached hydrogens (tertiary/aromatic N) is 1. The van der Waals surface area contributed by atoms with Gasteiger partial charge in [-0.3, -0.25) is 10.1 Å². The summed E-state index contributed by atoms with van der Waals surface area (Å²) in [6.07, 6.45) is 0. The first-order valence-electron chi connectivity index (χ1n) is 6.32. The molecule has 0 saturated carbocycles. The van der Waals surface area contributed by atoms with Crippen molar-refractivity contribution in [3.05, 3.63) is 66.6 Å². The summed E-state index contributed by atoms with van der Waals surface area (Å²) in [5.41, 5.74) is 3.63. The molecule has 0 amide bonds. The van der Waals surface area contributed by atoms with Gasteiger partial charge in [-0.2, -0.15) is 0 Å². The molecule has 4 nitrogen and oxygen atoms in total. The lowest BCUT2D eigenvalue weighted by molar-refractivity contribution is -0.385. The van der Waals surface area contributed by atoms with Gasteiger partial charge in [0.15, 0.2) is 0 Å². The highest BCUT2D eigenvalue weighted by Crippen LogP contribution is 2.29. The van der Waals surface area contributed by atoms with Gasteiger partial charge in [-0.05, 0) is 43.2 Å². The van der Waals surface area contributed by atoms with Crippen molar-refractivity contribution in [1.29, 1.82) is 0 Å². The van der Waals surface area contributed by atoms with E-state index in [0.717, 1.165) is 21.3 Å². The largest absolute Gasteiger partial charge is 0.381 e. The number of benzene rings is 2. The molecule has 0 heterocycles.